The van der Waals surface area contributed by atoms with Crippen molar-refractivity contribution in [1.82, 2.24) is 10.1 Å². The monoisotopic (exact) mass is 267 g/mol. The summed E-state index contributed by atoms with van der Waals surface area (Å²) in [7, 11) is 0. The van der Waals surface area contributed by atoms with Gasteiger partial charge in [-0.15, -0.1) is 0 Å². The largest absolute Gasteiger partial charge is 0.370 e. The van der Waals surface area contributed by atoms with Crippen molar-refractivity contribution in [2.24, 2.45) is 11.7 Å². The smallest absolute Gasteiger partial charge is 0.228 e. The van der Waals surface area contributed by atoms with E-state index < -0.39 is 0 Å². The molecule has 1 saturated carbocycles. The van der Waals surface area contributed by atoms with Crippen molar-refractivity contribution in [2.75, 3.05) is 6.61 Å². The zero-order valence-electron chi connectivity index (χ0n) is 12.0. The summed E-state index contributed by atoms with van der Waals surface area (Å²) < 4.78 is 11.1. The van der Waals surface area contributed by atoms with Crippen molar-refractivity contribution in [2.45, 2.75) is 64.5 Å². The van der Waals surface area contributed by atoms with Crippen molar-refractivity contribution >= 4 is 0 Å². The van der Waals surface area contributed by atoms with E-state index >= 15 is 0 Å². The molecule has 19 heavy (non-hydrogen) atoms. The molecule has 1 heterocycles. The first-order valence-electron chi connectivity index (χ1n) is 7.40. The number of nitrogens with zero attached hydrogens (tertiary/aromatic N) is 2. The van der Waals surface area contributed by atoms with E-state index in [1.165, 1.54) is 32.1 Å². The summed E-state index contributed by atoms with van der Waals surface area (Å²) in [6.07, 6.45) is 6.88. The lowest BCUT2D eigenvalue weighted by Crippen LogP contribution is -2.21. The number of ether oxygens (including phenoxy) is 1. The Bertz CT molecular complexity index is 373. The van der Waals surface area contributed by atoms with E-state index in [9.17, 15) is 0 Å². The van der Waals surface area contributed by atoms with Crippen LogP contribution in [0.5, 0.6) is 0 Å². The highest BCUT2D eigenvalue weighted by molar-refractivity contribution is 4.96. The Morgan fingerprint density at radius 2 is 2.11 bits per heavy atom. The minimum absolute atomic E-state index is 0.0177. The van der Waals surface area contributed by atoms with Crippen molar-refractivity contribution < 1.29 is 9.26 Å². The summed E-state index contributed by atoms with van der Waals surface area (Å²) in [5, 5.41) is 4.10. The zero-order valence-corrected chi connectivity index (χ0v) is 12.0. The minimum Gasteiger partial charge on any atom is -0.370 e. The predicted octanol–water partition coefficient (Wildman–Crippen LogP) is 2.62. The fraction of sp³-hybridized carbons (Fsp3) is 0.857. The highest BCUT2D eigenvalue weighted by atomic mass is 16.5. The van der Waals surface area contributed by atoms with E-state index in [1.807, 2.05) is 13.8 Å². The van der Waals surface area contributed by atoms with Gasteiger partial charge in [-0.1, -0.05) is 24.4 Å². The SMILES string of the molecule is CCOC(c1noc(CC(C)N)n1)C1CCCCC1. The van der Waals surface area contributed by atoms with Crippen LogP contribution in [-0.2, 0) is 11.2 Å². The molecule has 1 aliphatic rings. The first-order valence-corrected chi connectivity index (χ1v) is 7.40. The third-order valence-electron chi connectivity index (χ3n) is 3.66. The summed E-state index contributed by atoms with van der Waals surface area (Å²) >= 11 is 0. The first kappa shape index (κ1) is 14.5. The molecule has 0 aliphatic heterocycles. The second-order valence-electron chi connectivity index (χ2n) is 5.50. The van der Waals surface area contributed by atoms with Crippen LogP contribution in [0.1, 0.15) is 63.8 Å². The second-order valence-corrected chi connectivity index (χ2v) is 5.50. The molecule has 0 bridgehead atoms. The molecule has 2 unspecified atom stereocenters. The Morgan fingerprint density at radius 1 is 1.37 bits per heavy atom. The van der Waals surface area contributed by atoms with Crippen LogP contribution in [-0.4, -0.2) is 22.8 Å². The molecule has 108 valence electrons. The molecule has 2 atom stereocenters. The third-order valence-corrected chi connectivity index (χ3v) is 3.66. The van der Waals surface area contributed by atoms with Crippen molar-refractivity contribution in [3.63, 3.8) is 0 Å². The average molecular weight is 267 g/mol. The molecule has 0 amide bonds. The Hall–Kier alpha value is -0.940. The number of nitrogens with two attached hydrogens (primary N) is 1. The van der Waals surface area contributed by atoms with Crippen LogP contribution in [0.2, 0.25) is 0 Å². The van der Waals surface area contributed by atoms with Gasteiger partial charge in [0.1, 0.15) is 6.10 Å². The van der Waals surface area contributed by atoms with Gasteiger partial charge in [-0.2, -0.15) is 4.98 Å². The van der Waals surface area contributed by atoms with Gasteiger partial charge in [0.05, 0.1) is 0 Å². The van der Waals surface area contributed by atoms with E-state index in [0.717, 1.165) is 0 Å². The van der Waals surface area contributed by atoms with Gasteiger partial charge in [0.2, 0.25) is 11.7 Å². The van der Waals surface area contributed by atoms with Gasteiger partial charge >= 0.3 is 0 Å². The Labute approximate surface area is 114 Å². The molecule has 1 aromatic rings. The molecule has 1 fully saturated rings. The first-order chi connectivity index (χ1) is 9.20. The Morgan fingerprint density at radius 3 is 2.74 bits per heavy atom. The summed E-state index contributed by atoms with van der Waals surface area (Å²) in [5.74, 6) is 1.84. The molecule has 0 radical (unpaired) electrons. The van der Waals surface area contributed by atoms with Crippen LogP contribution in [0.25, 0.3) is 0 Å². The van der Waals surface area contributed by atoms with Crippen LogP contribution in [0.4, 0.5) is 0 Å². The molecule has 0 saturated heterocycles. The molecule has 2 N–H and O–H groups in total. The van der Waals surface area contributed by atoms with Gasteiger partial charge < -0.3 is 15.0 Å². The van der Waals surface area contributed by atoms with Gasteiger partial charge in [0.25, 0.3) is 0 Å². The highest BCUT2D eigenvalue weighted by Gasteiger charge is 2.29. The molecule has 1 aromatic heterocycles. The maximum Gasteiger partial charge on any atom is 0.228 e. The molecule has 0 aromatic carbocycles. The minimum atomic E-state index is -0.0177. The standard InChI is InChI=1S/C14H25N3O2/c1-3-18-13(11-7-5-4-6-8-11)14-16-12(19-17-14)9-10(2)15/h10-11,13H,3-9,15H2,1-2H3. The molecular weight excluding hydrogens is 242 g/mol. The van der Waals surface area contributed by atoms with Gasteiger partial charge in [-0.05, 0) is 32.6 Å². The molecule has 5 nitrogen and oxygen atoms in total. The molecule has 1 aliphatic carbocycles. The van der Waals surface area contributed by atoms with Crippen molar-refractivity contribution in [3.8, 4) is 0 Å². The van der Waals surface area contributed by atoms with E-state index in [-0.39, 0.29) is 12.1 Å². The summed E-state index contributed by atoms with van der Waals surface area (Å²) in [6.45, 7) is 4.63. The van der Waals surface area contributed by atoms with Gasteiger partial charge in [0.15, 0.2) is 0 Å². The fourth-order valence-electron chi connectivity index (χ4n) is 2.78. The van der Waals surface area contributed by atoms with Crippen LogP contribution in [0, 0.1) is 5.92 Å². The van der Waals surface area contributed by atoms with Crippen molar-refractivity contribution in [1.29, 1.82) is 0 Å². The highest BCUT2D eigenvalue weighted by Crippen LogP contribution is 2.35. The molecule has 0 spiro atoms. The Kier molecular flexibility index (Phi) is 5.34. The summed E-state index contributed by atoms with van der Waals surface area (Å²) in [5.41, 5.74) is 5.75. The topological polar surface area (TPSA) is 74.2 Å². The van der Waals surface area contributed by atoms with Gasteiger partial charge in [-0.25, -0.2) is 0 Å². The molecule has 2 rings (SSSR count). The number of aromatic nitrogens is 2. The van der Waals surface area contributed by atoms with Crippen LogP contribution in [0.15, 0.2) is 4.52 Å². The Balaban J connectivity index is 2.06. The van der Waals surface area contributed by atoms with E-state index in [0.29, 0.717) is 30.7 Å². The maximum absolute atomic E-state index is 5.87. The van der Waals surface area contributed by atoms with Crippen molar-refractivity contribution in [3.05, 3.63) is 11.7 Å². The molecular formula is C14H25N3O2. The summed E-state index contributed by atoms with van der Waals surface area (Å²) in [6, 6.07) is 0.0357. The normalized spacial score (nSPS) is 20.4. The number of hydrogen-bond acceptors (Lipinski definition) is 5. The lowest BCUT2D eigenvalue weighted by Gasteiger charge is -2.27. The third kappa shape index (κ3) is 4.01. The lowest BCUT2D eigenvalue weighted by molar-refractivity contribution is -0.00145. The van der Waals surface area contributed by atoms with Crippen LogP contribution < -0.4 is 5.73 Å². The predicted molar refractivity (Wildman–Crippen MR) is 72.6 cm³/mol. The quantitative estimate of drug-likeness (QED) is 0.857. The van der Waals surface area contributed by atoms with Gasteiger partial charge in [0, 0.05) is 19.1 Å². The zero-order chi connectivity index (χ0) is 13.7. The number of rotatable bonds is 6. The second kappa shape index (κ2) is 7.01. The maximum atomic E-state index is 5.87. The van der Waals surface area contributed by atoms with E-state index in [2.05, 4.69) is 10.1 Å². The van der Waals surface area contributed by atoms with Gasteiger partial charge in [-0.3, -0.25) is 0 Å². The molecule has 5 heteroatoms. The van der Waals surface area contributed by atoms with Crippen LogP contribution in [0.3, 0.4) is 0 Å². The fourth-order valence-corrected chi connectivity index (χ4v) is 2.78. The lowest BCUT2D eigenvalue weighted by atomic mass is 9.85. The van der Waals surface area contributed by atoms with E-state index in [4.69, 9.17) is 15.0 Å². The van der Waals surface area contributed by atoms with Crippen LogP contribution >= 0.6 is 0 Å². The average Bonchev–Trinajstić information content (AvgIpc) is 2.84. The summed E-state index contributed by atoms with van der Waals surface area (Å²) in [4.78, 5) is 4.46. The number of hydrogen-bond donors (Lipinski definition) is 1. The van der Waals surface area contributed by atoms with E-state index in [1.54, 1.807) is 0 Å².